The molecule has 1 aliphatic heterocycles. The first-order valence-electron chi connectivity index (χ1n) is 10.1. The van der Waals surface area contributed by atoms with Crippen LogP contribution >= 0.6 is 15.9 Å². The predicted molar refractivity (Wildman–Crippen MR) is 123 cm³/mol. The summed E-state index contributed by atoms with van der Waals surface area (Å²) in [5.41, 5.74) is 2.67. The highest BCUT2D eigenvalue weighted by Gasteiger charge is 2.16. The molecule has 156 valence electrons. The Morgan fingerprint density at radius 2 is 1.83 bits per heavy atom. The lowest BCUT2D eigenvalue weighted by Gasteiger charge is -2.28. The number of hydrogen-bond donors (Lipinski definition) is 1. The molecule has 0 aliphatic carbocycles. The van der Waals surface area contributed by atoms with Gasteiger partial charge in [0.15, 0.2) is 5.78 Å². The Bertz CT molecular complexity index is 1040. The Kier molecular flexibility index (Phi) is 6.79. The third kappa shape index (κ3) is 5.08. The zero-order chi connectivity index (χ0) is 20.9. The van der Waals surface area contributed by atoms with Gasteiger partial charge in [0.2, 0.25) is 0 Å². The van der Waals surface area contributed by atoms with Gasteiger partial charge in [-0.3, -0.25) is 9.69 Å². The van der Waals surface area contributed by atoms with E-state index in [1.165, 1.54) is 0 Å². The highest BCUT2D eigenvalue weighted by Crippen LogP contribution is 2.23. The average molecular weight is 469 g/mol. The van der Waals surface area contributed by atoms with Crippen molar-refractivity contribution >= 4 is 38.7 Å². The van der Waals surface area contributed by atoms with E-state index >= 15 is 0 Å². The van der Waals surface area contributed by atoms with Gasteiger partial charge in [-0.15, -0.1) is 0 Å². The van der Waals surface area contributed by atoms with Crippen molar-refractivity contribution in [3.05, 3.63) is 76.4 Å². The van der Waals surface area contributed by atoms with Gasteiger partial charge in [-0.25, -0.2) is 0 Å². The number of morpholine rings is 1. The first-order valence-corrected chi connectivity index (χ1v) is 10.9. The normalized spacial score (nSPS) is 16.3. The molecule has 0 spiro atoms. The number of allylic oxidation sites excluding steroid dienone is 1. The summed E-state index contributed by atoms with van der Waals surface area (Å²) >= 11 is 3.39. The number of benzene rings is 2. The first-order chi connectivity index (χ1) is 14.6. The summed E-state index contributed by atoms with van der Waals surface area (Å²) in [6, 6.07) is 15.4. The highest BCUT2D eigenvalue weighted by atomic mass is 79.9. The summed E-state index contributed by atoms with van der Waals surface area (Å²) in [5.74, 6) is -0.0355. The molecule has 3 aromatic rings. The zero-order valence-electron chi connectivity index (χ0n) is 16.7. The van der Waals surface area contributed by atoms with E-state index in [0.29, 0.717) is 18.7 Å². The molecule has 0 radical (unpaired) electrons. The van der Waals surface area contributed by atoms with Crippen molar-refractivity contribution in [3.8, 4) is 0 Å². The molecule has 1 fully saturated rings. The minimum Gasteiger partial charge on any atom is -0.390 e. The number of ketones is 1. The molecule has 6 heteroatoms. The van der Waals surface area contributed by atoms with E-state index in [0.717, 1.165) is 47.2 Å². The quantitative estimate of drug-likeness (QED) is 0.420. The van der Waals surface area contributed by atoms with Gasteiger partial charge in [0.1, 0.15) is 0 Å². The third-order valence-corrected chi connectivity index (χ3v) is 5.87. The van der Waals surface area contributed by atoms with Crippen LogP contribution in [0.3, 0.4) is 0 Å². The van der Waals surface area contributed by atoms with Crippen molar-refractivity contribution in [1.82, 2.24) is 9.47 Å². The van der Waals surface area contributed by atoms with E-state index in [1.54, 1.807) is 6.08 Å². The standard InChI is InChI=1S/C24H25BrN2O3/c25-20-8-5-18(6-9-20)24(29)10-7-19-15-27(23-4-2-1-3-22(19)23)17-21(28)16-26-11-13-30-14-12-26/h1-10,15,21,28H,11-14,16-17H2/b10-7-/t21-/m1/s1. The van der Waals surface area contributed by atoms with Crippen LogP contribution in [0.5, 0.6) is 0 Å². The van der Waals surface area contributed by atoms with Gasteiger partial charge >= 0.3 is 0 Å². The van der Waals surface area contributed by atoms with E-state index in [9.17, 15) is 9.90 Å². The van der Waals surface area contributed by atoms with Gasteiger partial charge in [0.25, 0.3) is 0 Å². The van der Waals surface area contributed by atoms with Crippen molar-refractivity contribution in [2.45, 2.75) is 12.6 Å². The van der Waals surface area contributed by atoms with E-state index in [1.807, 2.05) is 60.8 Å². The van der Waals surface area contributed by atoms with E-state index in [2.05, 4.69) is 25.4 Å². The molecule has 0 unspecified atom stereocenters. The highest BCUT2D eigenvalue weighted by molar-refractivity contribution is 9.10. The second-order valence-corrected chi connectivity index (χ2v) is 8.44. The first kappa shape index (κ1) is 21.0. The maximum absolute atomic E-state index is 12.5. The summed E-state index contributed by atoms with van der Waals surface area (Å²) in [6.07, 6.45) is 5.01. The minimum atomic E-state index is -0.472. The number of fused-ring (bicyclic) bond motifs is 1. The SMILES string of the molecule is O=C(/C=C\c1cn(C[C@H](O)CN2CCOCC2)c2ccccc12)c1ccc(Br)cc1. The molecule has 0 saturated carbocycles. The molecule has 1 aromatic heterocycles. The smallest absolute Gasteiger partial charge is 0.185 e. The summed E-state index contributed by atoms with van der Waals surface area (Å²) in [6.45, 7) is 4.29. The summed E-state index contributed by atoms with van der Waals surface area (Å²) in [5, 5.41) is 11.7. The van der Waals surface area contributed by atoms with E-state index in [-0.39, 0.29) is 5.78 Å². The minimum absolute atomic E-state index is 0.0355. The maximum Gasteiger partial charge on any atom is 0.185 e. The molecule has 1 atom stereocenters. The van der Waals surface area contributed by atoms with Crippen LogP contribution in [0.2, 0.25) is 0 Å². The molecule has 30 heavy (non-hydrogen) atoms. The van der Waals surface area contributed by atoms with Crippen LogP contribution in [-0.4, -0.2) is 59.3 Å². The maximum atomic E-state index is 12.5. The van der Waals surface area contributed by atoms with Crippen molar-refractivity contribution in [3.63, 3.8) is 0 Å². The van der Waals surface area contributed by atoms with Crippen LogP contribution in [0.15, 0.2) is 65.3 Å². The van der Waals surface area contributed by atoms with Gasteiger partial charge < -0.3 is 14.4 Å². The van der Waals surface area contributed by atoms with Crippen LogP contribution in [-0.2, 0) is 11.3 Å². The molecule has 4 rings (SSSR count). The fourth-order valence-corrected chi connectivity index (χ4v) is 4.07. The van der Waals surface area contributed by atoms with Gasteiger partial charge in [0, 0.05) is 58.9 Å². The van der Waals surface area contributed by atoms with E-state index in [4.69, 9.17) is 4.74 Å². The molecule has 0 amide bonds. The van der Waals surface area contributed by atoms with Crippen molar-refractivity contribution in [2.24, 2.45) is 0 Å². The second-order valence-electron chi connectivity index (χ2n) is 7.53. The summed E-state index contributed by atoms with van der Waals surface area (Å²) < 4.78 is 8.40. The largest absolute Gasteiger partial charge is 0.390 e. The Labute approximate surface area is 184 Å². The van der Waals surface area contributed by atoms with Gasteiger partial charge in [-0.1, -0.05) is 34.1 Å². The average Bonchev–Trinajstić information content (AvgIpc) is 3.10. The summed E-state index contributed by atoms with van der Waals surface area (Å²) in [7, 11) is 0. The number of carbonyl (C=O) groups excluding carboxylic acids is 1. The second kappa shape index (κ2) is 9.71. The van der Waals surface area contributed by atoms with Crippen LogP contribution in [0.25, 0.3) is 17.0 Å². The number of aliphatic hydroxyl groups excluding tert-OH is 1. The number of nitrogens with zero attached hydrogens (tertiary/aromatic N) is 2. The van der Waals surface area contributed by atoms with Gasteiger partial charge in [-0.05, 0) is 42.5 Å². The Balaban J connectivity index is 1.51. The Morgan fingerprint density at radius 3 is 2.60 bits per heavy atom. The molecule has 2 heterocycles. The molecular formula is C24H25BrN2O3. The number of aliphatic hydroxyl groups is 1. The Morgan fingerprint density at radius 1 is 1.10 bits per heavy atom. The van der Waals surface area contributed by atoms with Crippen LogP contribution < -0.4 is 0 Å². The van der Waals surface area contributed by atoms with Crippen molar-refractivity contribution in [2.75, 3.05) is 32.8 Å². The monoisotopic (exact) mass is 468 g/mol. The molecule has 1 aliphatic rings. The fraction of sp³-hybridized carbons (Fsp3) is 0.292. The number of ether oxygens (including phenoxy) is 1. The molecule has 1 N–H and O–H groups in total. The number of halogens is 1. The van der Waals surface area contributed by atoms with Crippen molar-refractivity contribution < 1.29 is 14.6 Å². The molecule has 2 aromatic carbocycles. The summed E-state index contributed by atoms with van der Waals surface area (Å²) in [4.78, 5) is 14.7. The third-order valence-electron chi connectivity index (χ3n) is 5.34. The number of rotatable bonds is 7. The zero-order valence-corrected chi connectivity index (χ0v) is 18.3. The number of β-amino-alcohol motifs (C(OH)–C–C–N with tert-alkyl or cyclic N) is 1. The van der Waals surface area contributed by atoms with Crippen LogP contribution in [0.1, 0.15) is 15.9 Å². The van der Waals surface area contributed by atoms with E-state index < -0.39 is 6.10 Å². The number of hydrogen-bond acceptors (Lipinski definition) is 4. The van der Waals surface area contributed by atoms with Gasteiger partial charge in [0.05, 0.1) is 19.3 Å². The number of para-hydroxylation sites is 1. The van der Waals surface area contributed by atoms with Crippen LogP contribution in [0.4, 0.5) is 0 Å². The lowest BCUT2D eigenvalue weighted by atomic mass is 10.1. The Hall–Kier alpha value is -2.25. The molecule has 5 nitrogen and oxygen atoms in total. The molecular weight excluding hydrogens is 444 g/mol. The lowest BCUT2D eigenvalue weighted by Crippen LogP contribution is -2.41. The molecule has 1 saturated heterocycles. The fourth-order valence-electron chi connectivity index (χ4n) is 3.80. The topological polar surface area (TPSA) is 54.7 Å². The number of aromatic nitrogens is 1. The van der Waals surface area contributed by atoms with Gasteiger partial charge in [-0.2, -0.15) is 0 Å². The van der Waals surface area contributed by atoms with Crippen molar-refractivity contribution in [1.29, 1.82) is 0 Å². The van der Waals surface area contributed by atoms with Crippen LogP contribution in [0, 0.1) is 0 Å². The predicted octanol–water partition coefficient (Wildman–Crippen LogP) is 3.99. The molecule has 0 bridgehead atoms. The number of carbonyl (C=O) groups is 1. The lowest BCUT2D eigenvalue weighted by molar-refractivity contribution is 0.0117.